The summed E-state index contributed by atoms with van der Waals surface area (Å²) >= 11 is 6.17. The molecule has 2 amide bonds. The second-order valence-corrected chi connectivity index (χ2v) is 9.80. The molecule has 2 aliphatic heterocycles. The average molecular weight is 432 g/mol. The van der Waals surface area contributed by atoms with Gasteiger partial charge in [-0.05, 0) is 26.8 Å². The third-order valence-corrected chi connectivity index (χ3v) is 6.54. The summed E-state index contributed by atoms with van der Waals surface area (Å²) in [5.41, 5.74) is -0.290. The maximum absolute atomic E-state index is 13.0. The Bertz CT molecular complexity index is 904. The Balaban J connectivity index is 1.74. The zero-order valence-electron chi connectivity index (χ0n) is 15.8. The molecule has 1 N–H and O–H groups in total. The molecule has 154 valence electrons. The monoisotopic (exact) mass is 431 g/mol. The van der Waals surface area contributed by atoms with Crippen molar-refractivity contribution in [3.8, 4) is 5.75 Å². The van der Waals surface area contributed by atoms with Crippen molar-refractivity contribution in [2.75, 3.05) is 38.1 Å². The fourth-order valence-corrected chi connectivity index (χ4v) is 4.80. The number of anilines is 1. The van der Waals surface area contributed by atoms with Crippen LogP contribution in [0, 0.1) is 0 Å². The quantitative estimate of drug-likeness (QED) is 0.766. The van der Waals surface area contributed by atoms with E-state index in [1.165, 1.54) is 21.3 Å². The van der Waals surface area contributed by atoms with E-state index in [2.05, 4.69) is 5.32 Å². The Morgan fingerprint density at radius 3 is 2.46 bits per heavy atom. The Morgan fingerprint density at radius 1 is 1.21 bits per heavy atom. The number of ether oxygens (including phenoxy) is 2. The largest absolute Gasteiger partial charge is 0.482 e. The van der Waals surface area contributed by atoms with Gasteiger partial charge in [-0.25, -0.2) is 13.2 Å². The van der Waals surface area contributed by atoms with Gasteiger partial charge < -0.3 is 19.7 Å². The number of nitrogens with one attached hydrogen (secondary N) is 1. The molecule has 0 unspecified atom stereocenters. The lowest BCUT2D eigenvalue weighted by Gasteiger charge is -2.35. The zero-order chi connectivity index (χ0) is 20.7. The number of carbonyl (C=O) groups is 2. The van der Waals surface area contributed by atoms with Gasteiger partial charge in [-0.1, -0.05) is 11.6 Å². The molecule has 1 aromatic carbocycles. The van der Waals surface area contributed by atoms with Crippen molar-refractivity contribution < 1.29 is 27.5 Å². The molecule has 0 bridgehead atoms. The predicted molar refractivity (Wildman–Crippen MR) is 102 cm³/mol. The number of sulfonamides is 1. The van der Waals surface area contributed by atoms with E-state index in [-0.39, 0.29) is 54.4 Å². The van der Waals surface area contributed by atoms with E-state index in [1.807, 2.05) is 0 Å². The molecule has 1 aromatic rings. The van der Waals surface area contributed by atoms with Crippen molar-refractivity contribution in [3.05, 3.63) is 17.2 Å². The van der Waals surface area contributed by atoms with Gasteiger partial charge in [0.05, 0.1) is 10.7 Å². The lowest BCUT2D eigenvalue weighted by atomic mass is 10.2. The number of benzene rings is 1. The van der Waals surface area contributed by atoms with E-state index in [9.17, 15) is 18.0 Å². The van der Waals surface area contributed by atoms with Crippen LogP contribution in [0.1, 0.15) is 20.8 Å². The second kappa shape index (κ2) is 7.41. The highest BCUT2D eigenvalue weighted by Gasteiger charge is 2.34. The van der Waals surface area contributed by atoms with E-state index >= 15 is 0 Å². The Hall–Kier alpha value is -2.04. The third-order valence-electron chi connectivity index (χ3n) is 4.18. The van der Waals surface area contributed by atoms with Gasteiger partial charge in [0, 0.05) is 32.2 Å². The van der Waals surface area contributed by atoms with Gasteiger partial charge in [0.2, 0.25) is 10.0 Å². The van der Waals surface area contributed by atoms with Crippen LogP contribution in [-0.2, 0) is 19.6 Å². The molecule has 0 spiro atoms. The first-order valence-electron chi connectivity index (χ1n) is 8.72. The van der Waals surface area contributed by atoms with Crippen LogP contribution in [0.25, 0.3) is 0 Å². The topological polar surface area (TPSA) is 105 Å². The van der Waals surface area contributed by atoms with Gasteiger partial charge in [0.25, 0.3) is 5.91 Å². The molecule has 0 atom stereocenters. The molecule has 28 heavy (non-hydrogen) atoms. The minimum atomic E-state index is -3.89. The highest BCUT2D eigenvalue weighted by molar-refractivity contribution is 7.89. The lowest BCUT2D eigenvalue weighted by molar-refractivity contribution is -0.118. The van der Waals surface area contributed by atoms with Crippen molar-refractivity contribution in [2.24, 2.45) is 0 Å². The third kappa shape index (κ3) is 4.34. The van der Waals surface area contributed by atoms with E-state index in [0.717, 1.165) is 0 Å². The molecule has 0 aromatic heterocycles. The fraction of sp³-hybridized carbons (Fsp3) is 0.529. The van der Waals surface area contributed by atoms with Crippen LogP contribution in [-0.4, -0.2) is 68.0 Å². The number of hydrogen-bond donors (Lipinski definition) is 1. The molecule has 11 heteroatoms. The summed E-state index contributed by atoms with van der Waals surface area (Å²) in [6, 6.07) is 2.67. The first-order valence-corrected chi connectivity index (χ1v) is 10.5. The molecule has 9 nitrogen and oxygen atoms in total. The zero-order valence-corrected chi connectivity index (χ0v) is 17.4. The van der Waals surface area contributed by atoms with Gasteiger partial charge >= 0.3 is 6.09 Å². The number of amides is 2. The summed E-state index contributed by atoms with van der Waals surface area (Å²) in [6.07, 6.45) is -0.472. The van der Waals surface area contributed by atoms with Crippen molar-refractivity contribution in [1.29, 1.82) is 0 Å². The van der Waals surface area contributed by atoms with Crippen LogP contribution in [0.3, 0.4) is 0 Å². The summed E-state index contributed by atoms with van der Waals surface area (Å²) in [7, 11) is -3.89. The number of fused-ring (bicyclic) bond motifs is 1. The normalized spacial score (nSPS) is 18.1. The van der Waals surface area contributed by atoms with Crippen LogP contribution < -0.4 is 10.1 Å². The maximum Gasteiger partial charge on any atom is 0.410 e. The summed E-state index contributed by atoms with van der Waals surface area (Å²) in [5, 5.41) is 2.57. The molecular weight excluding hydrogens is 410 g/mol. The summed E-state index contributed by atoms with van der Waals surface area (Å²) in [6.45, 7) is 5.78. The van der Waals surface area contributed by atoms with E-state index in [0.29, 0.717) is 5.69 Å². The number of rotatable bonds is 2. The van der Waals surface area contributed by atoms with Crippen molar-refractivity contribution in [1.82, 2.24) is 9.21 Å². The Labute approximate surface area is 168 Å². The van der Waals surface area contributed by atoms with Gasteiger partial charge in [0.1, 0.15) is 16.2 Å². The molecule has 1 saturated heterocycles. The molecule has 0 saturated carbocycles. The Kier molecular flexibility index (Phi) is 5.48. The smallest absolute Gasteiger partial charge is 0.410 e. The summed E-state index contributed by atoms with van der Waals surface area (Å²) in [4.78, 5) is 24.9. The van der Waals surface area contributed by atoms with Crippen LogP contribution in [0.4, 0.5) is 10.5 Å². The Morgan fingerprint density at radius 2 is 1.86 bits per heavy atom. The maximum atomic E-state index is 13.0. The van der Waals surface area contributed by atoms with E-state index in [1.54, 1.807) is 20.8 Å². The molecular formula is C17H22ClN3O6S. The number of nitrogens with zero attached hydrogens (tertiary/aromatic N) is 2. The number of carbonyl (C=O) groups excluding carboxylic acids is 2. The van der Waals surface area contributed by atoms with Crippen LogP contribution in [0.5, 0.6) is 5.75 Å². The predicted octanol–water partition coefficient (Wildman–Crippen LogP) is 1.91. The van der Waals surface area contributed by atoms with Gasteiger partial charge in [-0.3, -0.25) is 4.79 Å². The molecule has 1 fully saturated rings. The van der Waals surface area contributed by atoms with Gasteiger partial charge in [-0.2, -0.15) is 4.31 Å². The molecule has 0 aliphatic carbocycles. The average Bonchev–Trinajstić information content (AvgIpc) is 2.59. The van der Waals surface area contributed by atoms with E-state index < -0.39 is 21.7 Å². The minimum Gasteiger partial charge on any atom is -0.482 e. The first kappa shape index (κ1) is 20.7. The first-order chi connectivity index (χ1) is 13.0. The van der Waals surface area contributed by atoms with Crippen LogP contribution in [0.2, 0.25) is 5.02 Å². The van der Waals surface area contributed by atoms with Gasteiger partial charge in [0.15, 0.2) is 6.61 Å². The minimum absolute atomic E-state index is 0.0147. The molecule has 2 aliphatic rings. The molecule has 2 heterocycles. The summed E-state index contributed by atoms with van der Waals surface area (Å²) in [5.74, 6) is -0.0904. The standard InChI is InChI=1S/C17H22ClN3O6S/c1-17(2,3)27-16(23)20-4-6-21(7-5-20)28(24,25)14-9-13-12(8-11(14)18)19-15(22)10-26-13/h8-9H,4-7,10H2,1-3H3,(H,19,22). The summed E-state index contributed by atoms with van der Waals surface area (Å²) < 4.78 is 37.9. The molecule has 3 rings (SSSR count). The highest BCUT2D eigenvalue weighted by atomic mass is 35.5. The number of hydrogen-bond acceptors (Lipinski definition) is 6. The van der Waals surface area contributed by atoms with Crippen molar-refractivity contribution >= 4 is 39.3 Å². The van der Waals surface area contributed by atoms with Crippen LogP contribution >= 0.6 is 11.6 Å². The highest BCUT2D eigenvalue weighted by Crippen LogP contribution is 2.37. The fourth-order valence-electron chi connectivity index (χ4n) is 2.86. The van der Waals surface area contributed by atoms with Gasteiger partial charge in [-0.15, -0.1) is 0 Å². The van der Waals surface area contributed by atoms with Crippen molar-refractivity contribution in [3.63, 3.8) is 0 Å². The number of halogens is 1. The van der Waals surface area contributed by atoms with Crippen molar-refractivity contribution in [2.45, 2.75) is 31.3 Å². The molecule has 0 radical (unpaired) electrons. The lowest BCUT2D eigenvalue weighted by Crippen LogP contribution is -2.51. The van der Waals surface area contributed by atoms with Crippen LogP contribution in [0.15, 0.2) is 17.0 Å². The second-order valence-electron chi connectivity index (χ2n) is 7.49. The van der Waals surface area contributed by atoms with E-state index in [4.69, 9.17) is 21.1 Å². The SMILES string of the molecule is CC(C)(C)OC(=O)N1CCN(S(=O)(=O)c2cc3c(cc2Cl)NC(=O)CO3)CC1. The number of piperazine rings is 1.